The van der Waals surface area contributed by atoms with Crippen LogP contribution in [0.2, 0.25) is 0 Å². The molecule has 2 heterocycles. The van der Waals surface area contributed by atoms with Crippen molar-refractivity contribution in [2.75, 3.05) is 25.2 Å². The number of anilines is 1. The van der Waals surface area contributed by atoms with Gasteiger partial charge in [-0.15, -0.1) is 0 Å². The first kappa shape index (κ1) is 28.2. The topological polar surface area (TPSA) is 98.2 Å². The van der Waals surface area contributed by atoms with E-state index in [1.165, 1.54) is 23.3 Å². The molecule has 3 aromatic carbocycles. The lowest BCUT2D eigenvalue weighted by Crippen LogP contribution is -2.29. The number of unbranched alkanes of at least 4 members (excludes halogenated alkanes) is 1. The normalized spacial score (nSPS) is 16.4. The van der Waals surface area contributed by atoms with Crippen LogP contribution in [0.25, 0.3) is 16.0 Å². The number of nitrogens with zero attached hydrogens (tertiary/aromatic N) is 2. The molecule has 212 valence electrons. The Morgan fingerprint density at radius 1 is 1.02 bits per heavy atom. The van der Waals surface area contributed by atoms with Crippen molar-refractivity contribution in [2.45, 2.75) is 39.7 Å². The number of ether oxygens (including phenoxy) is 3. The van der Waals surface area contributed by atoms with Crippen LogP contribution in [0.5, 0.6) is 17.2 Å². The summed E-state index contributed by atoms with van der Waals surface area (Å²) in [5.41, 5.74) is 2.68. The first-order valence-corrected chi connectivity index (χ1v) is 14.4. The lowest BCUT2D eigenvalue weighted by Gasteiger charge is -2.24. The summed E-state index contributed by atoms with van der Waals surface area (Å²) in [5, 5.41) is 12.0. The van der Waals surface area contributed by atoms with E-state index < -0.39 is 17.7 Å². The molecule has 1 unspecified atom stereocenters. The number of thiazole rings is 1. The number of hydrogen-bond donors (Lipinski definition) is 1. The Labute approximate surface area is 242 Å². The molecule has 1 atom stereocenters. The summed E-state index contributed by atoms with van der Waals surface area (Å²) in [6.45, 7) is 6.91. The van der Waals surface area contributed by atoms with E-state index in [4.69, 9.17) is 19.2 Å². The molecule has 4 aromatic rings. The number of ketones is 1. The Morgan fingerprint density at radius 3 is 2.61 bits per heavy atom. The van der Waals surface area contributed by atoms with Crippen LogP contribution < -0.4 is 19.1 Å². The predicted octanol–water partition coefficient (Wildman–Crippen LogP) is 6.82. The number of aromatic nitrogens is 1. The van der Waals surface area contributed by atoms with E-state index in [0.29, 0.717) is 46.7 Å². The largest absolute Gasteiger partial charge is 0.507 e. The molecular formula is C32H32N2O6S. The fourth-order valence-electron chi connectivity index (χ4n) is 4.82. The molecular weight excluding hydrogens is 540 g/mol. The van der Waals surface area contributed by atoms with Crippen LogP contribution in [0.1, 0.15) is 49.4 Å². The number of Topliss-reactive ketones (excluding diaryl/α,β-unsaturated/α-hetero) is 1. The highest BCUT2D eigenvalue weighted by Crippen LogP contribution is 2.46. The van der Waals surface area contributed by atoms with E-state index in [2.05, 4.69) is 6.92 Å². The van der Waals surface area contributed by atoms with Crippen molar-refractivity contribution in [3.8, 4) is 17.2 Å². The zero-order chi connectivity index (χ0) is 29.1. The first-order valence-electron chi connectivity index (χ1n) is 13.6. The highest BCUT2D eigenvalue weighted by atomic mass is 32.1. The molecule has 1 aliphatic heterocycles. The van der Waals surface area contributed by atoms with E-state index in [1.54, 1.807) is 42.5 Å². The van der Waals surface area contributed by atoms with Gasteiger partial charge in [-0.3, -0.25) is 14.5 Å². The summed E-state index contributed by atoms with van der Waals surface area (Å²) in [6, 6.07) is 17.0. The molecule has 0 aliphatic carbocycles. The zero-order valence-corrected chi connectivity index (χ0v) is 24.3. The Hall–Kier alpha value is -4.37. The second-order valence-corrected chi connectivity index (χ2v) is 10.7. The van der Waals surface area contributed by atoms with Crippen molar-refractivity contribution in [1.82, 2.24) is 4.98 Å². The van der Waals surface area contributed by atoms with E-state index in [-0.39, 0.29) is 11.3 Å². The maximum Gasteiger partial charge on any atom is 0.301 e. The smallest absolute Gasteiger partial charge is 0.301 e. The molecule has 9 heteroatoms. The second-order valence-electron chi connectivity index (χ2n) is 9.71. The third-order valence-corrected chi connectivity index (χ3v) is 7.88. The third-order valence-electron chi connectivity index (χ3n) is 6.86. The molecule has 1 aromatic heterocycles. The van der Waals surface area contributed by atoms with Gasteiger partial charge in [0.05, 0.1) is 42.2 Å². The van der Waals surface area contributed by atoms with Crippen LogP contribution in [-0.2, 0) is 9.59 Å². The summed E-state index contributed by atoms with van der Waals surface area (Å²) in [7, 11) is 1.53. The molecule has 0 spiro atoms. The van der Waals surface area contributed by atoms with Crippen molar-refractivity contribution in [1.29, 1.82) is 0 Å². The van der Waals surface area contributed by atoms with Gasteiger partial charge in [-0.1, -0.05) is 48.9 Å². The maximum absolute atomic E-state index is 13.7. The minimum Gasteiger partial charge on any atom is -0.507 e. The summed E-state index contributed by atoms with van der Waals surface area (Å²) in [6.07, 6.45) is 1.88. The summed E-state index contributed by atoms with van der Waals surface area (Å²) in [5.74, 6) is -0.313. The van der Waals surface area contributed by atoms with Gasteiger partial charge in [0, 0.05) is 5.56 Å². The molecule has 0 bridgehead atoms. The highest BCUT2D eigenvalue weighted by Gasteiger charge is 2.48. The number of aliphatic hydroxyl groups is 1. The van der Waals surface area contributed by atoms with Crippen LogP contribution in [-0.4, -0.2) is 42.1 Å². The van der Waals surface area contributed by atoms with Crippen molar-refractivity contribution in [3.63, 3.8) is 0 Å². The number of fused-ring (bicyclic) bond motifs is 1. The van der Waals surface area contributed by atoms with Gasteiger partial charge in [0.25, 0.3) is 5.78 Å². The van der Waals surface area contributed by atoms with Crippen LogP contribution in [0, 0.1) is 6.92 Å². The number of aryl methyl sites for hydroxylation is 1. The molecule has 1 N–H and O–H groups in total. The van der Waals surface area contributed by atoms with Crippen LogP contribution >= 0.6 is 11.3 Å². The first-order chi connectivity index (χ1) is 19.9. The minimum atomic E-state index is -0.953. The van der Waals surface area contributed by atoms with Gasteiger partial charge in [0.15, 0.2) is 16.6 Å². The van der Waals surface area contributed by atoms with Gasteiger partial charge < -0.3 is 19.3 Å². The Morgan fingerprint density at radius 2 is 1.85 bits per heavy atom. The summed E-state index contributed by atoms with van der Waals surface area (Å²) in [4.78, 5) is 33.4. The fraction of sp³-hybridized carbons (Fsp3) is 0.281. The van der Waals surface area contributed by atoms with Gasteiger partial charge in [-0.05, 0) is 67.8 Å². The molecule has 41 heavy (non-hydrogen) atoms. The summed E-state index contributed by atoms with van der Waals surface area (Å²) >= 11 is 1.32. The SMILES string of the molecule is CCCCOc1cccc(/C(O)=C2\C(=O)C(=O)N(c3nc4ccc(C)cc4s3)C2c2ccc(OCC)c(OC)c2)c1. The molecule has 1 fully saturated rings. The number of carbonyl (C=O) groups excluding carboxylic acids is 2. The molecule has 1 saturated heterocycles. The Kier molecular flexibility index (Phi) is 8.26. The fourth-order valence-corrected chi connectivity index (χ4v) is 5.91. The van der Waals surface area contributed by atoms with Crippen molar-refractivity contribution >= 4 is 44.1 Å². The Balaban J connectivity index is 1.68. The monoisotopic (exact) mass is 572 g/mol. The highest BCUT2D eigenvalue weighted by molar-refractivity contribution is 7.22. The number of aliphatic hydroxyl groups excluding tert-OH is 1. The minimum absolute atomic E-state index is 0.0395. The van der Waals surface area contributed by atoms with Gasteiger partial charge in [0.1, 0.15) is 11.5 Å². The maximum atomic E-state index is 13.7. The quantitative estimate of drug-likeness (QED) is 0.0964. The lowest BCUT2D eigenvalue weighted by atomic mass is 9.95. The second kappa shape index (κ2) is 12.0. The van der Waals surface area contributed by atoms with Crippen molar-refractivity contribution in [3.05, 3.63) is 82.9 Å². The van der Waals surface area contributed by atoms with Crippen molar-refractivity contribution < 1.29 is 28.9 Å². The van der Waals surface area contributed by atoms with Crippen LogP contribution in [0.4, 0.5) is 5.13 Å². The number of methoxy groups -OCH3 is 1. The molecule has 1 aliphatic rings. The molecule has 0 radical (unpaired) electrons. The van der Waals surface area contributed by atoms with E-state index in [1.807, 2.05) is 32.0 Å². The molecule has 0 saturated carbocycles. The summed E-state index contributed by atoms with van der Waals surface area (Å²) < 4.78 is 18.0. The van der Waals surface area contributed by atoms with E-state index >= 15 is 0 Å². The van der Waals surface area contributed by atoms with Crippen molar-refractivity contribution in [2.24, 2.45) is 0 Å². The number of carbonyl (C=O) groups is 2. The molecule has 5 rings (SSSR count). The average Bonchev–Trinajstić information content (AvgIpc) is 3.50. The lowest BCUT2D eigenvalue weighted by molar-refractivity contribution is -0.132. The standard InChI is InChI=1S/C32H32N2O6S/c1-5-7-15-40-22-10-8-9-21(17-22)29(35)27-28(20-12-14-24(39-6-2)25(18-20)38-4)34(31(37)30(27)36)32-33-23-13-11-19(3)16-26(23)41-32/h8-14,16-18,28,35H,5-7,15H2,1-4H3/b29-27+. The van der Waals surface area contributed by atoms with E-state index in [0.717, 1.165) is 28.6 Å². The van der Waals surface area contributed by atoms with Gasteiger partial charge in [-0.2, -0.15) is 0 Å². The van der Waals surface area contributed by atoms with Crippen LogP contribution in [0.15, 0.2) is 66.2 Å². The van der Waals surface area contributed by atoms with Gasteiger partial charge in [-0.25, -0.2) is 4.98 Å². The third kappa shape index (κ3) is 5.50. The zero-order valence-electron chi connectivity index (χ0n) is 23.5. The number of hydrogen-bond acceptors (Lipinski definition) is 8. The number of rotatable bonds is 10. The van der Waals surface area contributed by atoms with Gasteiger partial charge >= 0.3 is 5.91 Å². The Bertz CT molecular complexity index is 1640. The van der Waals surface area contributed by atoms with Crippen LogP contribution in [0.3, 0.4) is 0 Å². The van der Waals surface area contributed by atoms with E-state index in [9.17, 15) is 14.7 Å². The molecule has 1 amide bonds. The predicted molar refractivity (Wildman–Crippen MR) is 160 cm³/mol. The van der Waals surface area contributed by atoms with Gasteiger partial charge in [0.2, 0.25) is 0 Å². The average molecular weight is 573 g/mol. The number of benzene rings is 3. The number of amides is 1. The molecule has 8 nitrogen and oxygen atoms in total.